The fourth-order valence-corrected chi connectivity index (χ4v) is 3.35. The van der Waals surface area contributed by atoms with E-state index >= 15 is 0 Å². The van der Waals surface area contributed by atoms with E-state index in [0.29, 0.717) is 12.0 Å². The molecule has 0 atom stereocenters. The molecule has 3 heteroatoms. The molecule has 0 amide bonds. The average molecular weight is 346 g/mol. The summed E-state index contributed by atoms with van der Waals surface area (Å²) in [5, 5.41) is 3.64. The maximum absolute atomic E-state index is 5.46. The zero-order valence-electron chi connectivity index (χ0n) is 12.4. The molecule has 0 spiro atoms. The van der Waals surface area contributed by atoms with E-state index in [9.17, 15) is 0 Å². The number of nitrogens with one attached hydrogen (secondary N) is 1. The summed E-state index contributed by atoms with van der Waals surface area (Å²) in [7, 11) is 1.75. The normalized spacial score (nSPS) is 20.7. The van der Waals surface area contributed by atoms with Crippen LogP contribution < -0.4 is 10.1 Å². The minimum absolute atomic E-state index is 0.540. The zero-order valence-corrected chi connectivity index (χ0v) is 14.0. The van der Waals surface area contributed by atoms with Crippen LogP contribution >= 0.6 is 15.9 Å². The molecular formula is C18H20BrNO. The second-order valence-electron chi connectivity index (χ2n) is 5.69. The van der Waals surface area contributed by atoms with Gasteiger partial charge in [-0.1, -0.05) is 30.3 Å². The van der Waals surface area contributed by atoms with E-state index in [1.165, 1.54) is 21.3 Å². The van der Waals surface area contributed by atoms with Gasteiger partial charge in [0.2, 0.25) is 0 Å². The summed E-state index contributed by atoms with van der Waals surface area (Å²) in [6, 6.07) is 15.2. The van der Waals surface area contributed by atoms with Crippen molar-refractivity contribution in [3.05, 3.63) is 58.1 Å². The molecule has 110 valence electrons. The standard InChI is InChI=1S/C18H20BrNO/c1-12-6-5-8-16(18(12)19)20-14-10-13(11-14)15-7-3-4-9-17(15)21-2/h3-9,13-14,20H,10-11H2,1-2H3. The molecule has 2 nitrogen and oxygen atoms in total. The highest BCUT2D eigenvalue weighted by Crippen LogP contribution is 2.42. The summed E-state index contributed by atoms with van der Waals surface area (Å²) < 4.78 is 6.63. The van der Waals surface area contributed by atoms with Crippen molar-refractivity contribution in [3.8, 4) is 5.75 Å². The van der Waals surface area contributed by atoms with Crippen molar-refractivity contribution in [2.45, 2.75) is 31.7 Å². The van der Waals surface area contributed by atoms with E-state index in [1.807, 2.05) is 12.1 Å². The molecule has 0 aliphatic heterocycles. The largest absolute Gasteiger partial charge is 0.496 e. The third kappa shape index (κ3) is 2.93. The number of anilines is 1. The SMILES string of the molecule is COc1ccccc1C1CC(Nc2cccc(C)c2Br)C1. The van der Waals surface area contributed by atoms with Crippen LogP contribution in [0.2, 0.25) is 0 Å². The van der Waals surface area contributed by atoms with Gasteiger partial charge in [-0.3, -0.25) is 0 Å². The molecule has 2 aromatic carbocycles. The van der Waals surface area contributed by atoms with Gasteiger partial charge in [-0.05, 0) is 64.9 Å². The number of halogens is 1. The van der Waals surface area contributed by atoms with Crippen LogP contribution in [-0.4, -0.2) is 13.2 Å². The van der Waals surface area contributed by atoms with Gasteiger partial charge >= 0.3 is 0 Å². The molecule has 0 heterocycles. The average Bonchev–Trinajstić information content (AvgIpc) is 2.46. The Morgan fingerprint density at radius 2 is 1.86 bits per heavy atom. The second kappa shape index (κ2) is 6.10. The van der Waals surface area contributed by atoms with Crippen LogP contribution in [0.4, 0.5) is 5.69 Å². The van der Waals surface area contributed by atoms with Gasteiger partial charge in [0.15, 0.2) is 0 Å². The summed E-state index contributed by atoms with van der Waals surface area (Å²) in [6.45, 7) is 2.12. The van der Waals surface area contributed by atoms with Gasteiger partial charge in [0, 0.05) is 16.2 Å². The third-order valence-electron chi connectivity index (χ3n) is 4.27. The number of benzene rings is 2. The van der Waals surface area contributed by atoms with Gasteiger partial charge < -0.3 is 10.1 Å². The molecule has 0 unspecified atom stereocenters. The maximum Gasteiger partial charge on any atom is 0.122 e. The first-order valence-electron chi connectivity index (χ1n) is 7.33. The first-order valence-corrected chi connectivity index (χ1v) is 8.13. The van der Waals surface area contributed by atoms with Crippen molar-refractivity contribution in [2.24, 2.45) is 0 Å². The lowest BCUT2D eigenvalue weighted by Crippen LogP contribution is -2.34. The topological polar surface area (TPSA) is 21.3 Å². The van der Waals surface area contributed by atoms with E-state index in [1.54, 1.807) is 7.11 Å². The van der Waals surface area contributed by atoms with Crippen molar-refractivity contribution in [1.82, 2.24) is 0 Å². The van der Waals surface area contributed by atoms with Gasteiger partial charge in [-0.25, -0.2) is 0 Å². The summed E-state index contributed by atoms with van der Waals surface area (Å²) in [6.07, 6.45) is 2.31. The lowest BCUT2D eigenvalue weighted by molar-refractivity contribution is 0.349. The van der Waals surface area contributed by atoms with Gasteiger partial charge in [-0.15, -0.1) is 0 Å². The van der Waals surface area contributed by atoms with Crippen molar-refractivity contribution in [3.63, 3.8) is 0 Å². The van der Waals surface area contributed by atoms with Gasteiger partial charge in [0.1, 0.15) is 5.75 Å². The highest BCUT2D eigenvalue weighted by molar-refractivity contribution is 9.10. The van der Waals surface area contributed by atoms with Gasteiger partial charge in [0.25, 0.3) is 0 Å². The van der Waals surface area contributed by atoms with Crippen molar-refractivity contribution < 1.29 is 4.74 Å². The molecule has 1 N–H and O–H groups in total. The van der Waals surface area contributed by atoms with Crippen molar-refractivity contribution in [2.75, 3.05) is 12.4 Å². The minimum Gasteiger partial charge on any atom is -0.496 e. The lowest BCUT2D eigenvalue weighted by Gasteiger charge is -2.37. The number of methoxy groups -OCH3 is 1. The molecule has 0 radical (unpaired) electrons. The Hall–Kier alpha value is -1.48. The highest BCUT2D eigenvalue weighted by Gasteiger charge is 2.32. The number of rotatable bonds is 4. The van der Waals surface area contributed by atoms with E-state index in [2.05, 4.69) is 58.5 Å². The molecule has 1 saturated carbocycles. The van der Waals surface area contributed by atoms with Crippen LogP contribution in [0.25, 0.3) is 0 Å². The van der Waals surface area contributed by atoms with E-state index in [0.717, 1.165) is 18.6 Å². The van der Waals surface area contributed by atoms with Gasteiger partial charge in [-0.2, -0.15) is 0 Å². The number of aryl methyl sites for hydroxylation is 1. The molecule has 0 saturated heterocycles. The quantitative estimate of drug-likeness (QED) is 0.829. The first-order chi connectivity index (χ1) is 10.2. The highest BCUT2D eigenvalue weighted by atomic mass is 79.9. The van der Waals surface area contributed by atoms with Crippen LogP contribution in [0, 0.1) is 6.92 Å². The van der Waals surface area contributed by atoms with E-state index < -0.39 is 0 Å². The fourth-order valence-electron chi connectivity index (χ4n) is 2.97. The number of para-hydroxylation sites is 1. The Morgan fingerprint density at radius 1 is 1.10 bits per heavy atom. The molecular weight excluding hydrogens is 326 g/mol. The molecule has 2 aromatic rings. The molecule has 1 fully saturated rings. The molecule has 1 aliphatic rings. The Labute approximate surface area is 134 Å². The maximum atomic E-state index is 5.46. The minimum atomic E-state index is 0.540. The summed E-state index contributed by atoms with van der Waals surface area (Å²) in [5.41, 5.74) is 3.79. The molecule has 0 aromatic heterocycles. The Bertz CT molecular complexity index is 635. The zero-order chi connectivity index (χ0) is 14.8. The summed E-state index contributed by atoms with van der Waals surface area (Å²) in [4.78, 5) is 0. The van der Waals surface area contributed by atoms with Gasteiger partial charge in [0.05, 0.1) is 7.11 Å². The molecule has 1 aliphatic carbocycles. The Kier molecular flexibility index (Phi) is 4.20. The predicted octanol–water partition coefficient (Wildman–Crippen LogP) is 5.12. The lowest BCUT2D eigenvalue weighted by atomic mass is 9.75. The first kappa shape index (κ1) is 14.5. The van der Waals surface area contributed by atoms with E-state index in [4.69, 9.17) is 4.74 Å². The predicted molar refractivity (Wildman–Crippen MR) is 91.3 cm³/mol. The molecule has 21 heavy (non-hydrogen) atoms. The molecule has 3 rings (SSSR count). The third-order valence-corrected chi connectivity index (χ3v) is 5.32. The van der Waals surface area contributed by atoms with Crippen molar-refractivity contribution >= 4 is 21.6 Å². The number of hydrogen-bond donors (Lipinski definition) is 1. The van der Waals surface area contributed by atoms with Crippen molar-refractivity contribution in [1.29, 1.82) is 0 Å². The number of ether oxygens (including phenoxy) is 1. The monoisotopic (exact) mass is 345 g/mol. The second-order valence-corrected chi connectivity index (χ2v) is 6.48. The fraction of sp³-hybridized carbons (Fsp3) is 0.333. The van der Waals surface area contributed by atoms with Crippen LogP contribution in [0.15, 0.2) is 46.9 Å². The summed E-state index contributed by atoms with van der Waals surface area (Å²) in [5.74, 6) is 1.61. The Balaban J connectivity index is 1.65. The van der Waals surface area contributed by atoms with E-state index in [-0.39, 0.29) is 0 Å². The summed E-state index contributed by atoms with van der Waals surface area (Å²) >= 11 is 3.66. The molecule has 0 bridgehead atoms. The van der Waals surface area contributed by atoms with Crippen LogP contribution in [-0.2, 0) is 0 Å². The van der Waals surface area contributed by atoms with Crippen LogP contribution in [0.1, 0.15) is 29.9 Å². The number of hydrogen-bond acceptors (Lipinski definition) is 2. The smallest absolute Gasteiger partial charge is 0.122 e. The van der Waals surface area contributed by atoms with Crippen LogP contribution in [0.3, 0.4) is 0 Å². The van der Waals surface area contributed by atoms with Crippen LogP contribution in [0.5, 0.6) is 5.75 Å². The Morgan fingerprint density at radius 3 is 2.62 bits per heavy atom.